The summed E-state index contributed by atoms with van der Waals surface area (Å²) >= 11 is 0. The van der Waals surface area contributed by atoms with Gasteiger partial charge in [-0.3, -0.25) is 0 Å². The Labute approximate surface area is 148 Å². The smallest absolute Gasteiger partial charge is 0.154 e. The highest BCUT2D eigenvalue weighted by molar-refractivity contribution is 5.73. The van der Waals surface area contributed by atoms with Crippen molar-refractivity contribution in [1.82, 2.24) is 10.3 Å². The van der Waals surface area contributed by atoms with Crippen molar-refractivity contribution in [1.29, 1.82) is 0 Å². The van der Waals surface area contributed by atoms with Crippen LogP contribution in [0.1, 0.15) is 17.9 Å². The molecular formula is C21H22N4. The molecule has 4 N–H and O–H groups in total. The van der Waals surface area contributed by atoms with Gasteiger partial charge in [-0.05, 0) is 48.7 Å². The molecule has 1 aliphatic heterocycles. The third-order valence-corrected chi connectivity index (χ3v) is 4.70. The minimum atomic E-state index is 0.624. The van der Waals surface area contributed by atoms with Crippen molar-refractivity contribution in [2.75, 3.05) is 24.1 Å². The molecule has 4 nitrogen and oxygen atoms in total. The second kappa shape index (κ2) is 6.95. The average Bonchev–Trinajstić information content (AvgIpc) is 3.20. The Bertz CT molecular complexity index is 838. The van der Waals surface area contributed by atoms with Crippen LogP contribution in [0.5, 0.6) is 0 Å². The highest BCUT2D eigenvalue weighted by Crippen LogP contribution is 2.28. The number of aromatic nitrogens is 1. The molecule has 1 saturated heterocycles. The van der Waals surface area contributed by atoms with E-state index in [1.165, 1.54) is 12.0 Å². The molecule has 1 aliphatic rings. The summed E-state index contributed by atoms with van der Waals surface area (Å²) in [6.07, 6.45) is 1.21. The van der Waals surface area contributed by atoms with Crippen molar-refractivity contribution in [3.63, 3.8) is 0 Å². The summed E-state index contributed by atoms with van der Waals surface area (Å²) in [4.78, 5) is 4.69. The number of rotatable bonds is 4. The van der Waals surface area contributed by atoms with Crippen LogP contribution in [0, 0.1) is 0 Å². The van der Waals surface area contributed by atoms with Gasteiger partial charge in [-0.1, -0.05) is 42.5 Å². The van der Waals surface area contributed by atoms with E-state index in [2.05, 4.69) is 34.9 Å². The van der Waals surface area contributed by atoms with Crippen LogP contribution < -0.4 is 16.4 Å². The molecule has 0 amide bonds. The maximum absolute atomic E-state index is 6.11. The Hall–Kier alpha value is -2.85. The summed E-state index contributed by atoms with van der Waals surface area (Å²) in [5.41, 5.74) is 11.1. The van der Waals surface area contributed by atoms with E-state index in [4.69, 9.17) is 10.7 Å². The number of pyridine rings is 1. The first-order chi connectivity index (χ1) is 12.3. The molecule has 4 rings (SSSR count). The Morgan fingerprint density at radius 3 is 2.48 bits per heavy atom. The predicted octanol–water partition coefficient (Wildman–Crippen LogP) is 4.15. The summed E-state index contributed by atoms with van der Waals surface area (Å²) in [7, 11) is 0. The van der Waals surface area contributed by atoms with E-state index >= 15 is 0 Å². The van der Waals surface area contributed by atoms with Gasteiger partial charge in [0.2, 0.25) is 0 Å². The highest BCUT2D eigenvalue weighted by Gasteiger charge is 2.16. The van der Waals surface area contributed by atoms with Gasteiger partial charge in [0.25, 0.3) is 0 Å². The van der Waals surface area contributed by atoms with E-state index in [1.807, 2.05) is 42.5 Å². The zero-order valence-corrected chi connectivity index (χ0v) is 14.1. The highest BCUT2D eigenvalue weighted by atomic mass is 15.0. The lowest BCUT2D eigenvalue weighted by atomic mass is 9.98. The lowest BCUT2D eigenvalue weighted by Gasteiger charge is -2.13. The fraction of sp³-hybridized carbons (Fsp3) is 0.190. The van der Waals surface area contributed by atoms with Gasteiger partial charge in [0.05, 0.1) is 11.4 Å². The molecule has 0 bridgehead atoms. The van der Waals surface area contributed by atoms with Crippen molar-refractivity contribution < 1.29 is 0 Å². The van der Waals surface area contributed by atoms with Crippen molar-refractivity contribution in [2.24, 2.45) is 0 Å². The molecule has 1 fully saturated rings. The topological polar surface area (TPSA) is 63.0 Å². The summed E-state index contributed by atoms with van der Waals surface area (Å²) < 4.78 is 0. The monoisotopic (exact) mass is 330 g/mol. The fourth-order valence-corrected chi connectivity index (χ4v) is 3.25. The Kier molecular flexibility index (Phi) is 4.36. The van der Waals surface area contributed by atoms with E-state index < -0.39 is 0 Å². The molecule has 0 radical (unpaired) electrons. The fourth-order valence-electron chi connectivity index (χ4n) is 3.25. The summed E-state index contributed by atoms with van der Waals surface area (Å²) in [5.74, 6) is 1.32. The van der Waals surface area contributed by atoms with Crippen LogP contribution in [-0.2, 0) is 0 Å². The Morgan fingerprint density at radius 2 is 1.76 bits per heavy atom. The first-order valence-electron chi connectivity index (χ1n) is 8.69. The molecule has 0 spiro atoms. The van der Waals surface area contributed by atoms with E-state index in [-0.39, 0.29) is 0 Å². The SMILES string of the molecule is Nc1ccc(-c2ccccc2)nc1Nc1ccc(C2CCNC2)cc1. The molecule has 126 valence electrons. The molecule has 1 aromatic heterocycles. The molecule has 3 aromatic rings. The number of hydrogen-bond donors (Lipinski definition) is 3. The van der Waals surface area contributed by atoms with Crippen LogP contribution in [0.25, 0.3) is 11.3 Å². The van der Waals surface area contributed by atoms with Gasteiger partial charge in [0.15, 0.2) is 5.82 Å². The Balaban J connectivity index is 1.55. The van der Waals surface area contributed by atoms with Gasteiger partial charge in [0, 0.05) is 17.8 Å². The summed E-state index contributed by atoms with van der Waals surface area (Å²) in [6, 6.07) is 22.6. The van der Waals surface area contributed by atoms with Crippen molar-refractivity contribution >= 4 is 17.2 Å². The van der Waals surface area contributed by atoms with Crippen LogP contribution in [-0.4, -0.2) is 18.1 Å². The van der Waals surface area contributed by atoms with E-state index in [1.54, 1.807) is 0 Å². The van der Waals surface area contributed by atoms with Crippen LogP contribution in [0.15, 0.2) is 66.7 Å². The lowest BCUT2D eigenvalue weighted by molar-refractivity contribution is 0.763. The zero-order chi connectivity index (χ0) is 17.1. The molecule has 1 unspecified atom stereocenters. The van der Waals surface area contributed by atoms with Crippen molar-refractivity contribution in [3.05, 3.63) is 72.3 Å². The molecule has 2 aromatic carbocycles. The van der Waals surface area contributed by atoms with Crippen molar-refractivity contribution in [2.45, 2.75) is 12.3 Å². The zero-order valence-electron chi connectivity index (χ0n) is 14.1. The summed E-state index contributed by atoms with van der Waals surface area (Å²) in [5, 5.41) is 6.76. The quantitative estimate of drug-likeness (QED) is 0.672. The number of nitrogens with zero attached hydrogens (tertiary/aromatic N) is 1. The molecule has 4 heteroatoms. The van der Waals surface area contributed by atoms with Crippen LogP contribution in [0.3, 0.4) is 0 Å². The number of nitrogens with two attached hydrogens (primary N) is 1. The van der Waals surface area contributed by atoms with Crippen LogP contribution >= 0.6 is 0 Å². The first kappa shape index (κ1) is 15.7. The van der Waals surface area contributed by atoms with E-state index in [0.29, 0.717) is 17.4 Å². The molecule has 25 heavy (non-hydrogen) atoms. The van der Waals surface area contributed by atoms with Crippen molar-refractivity contribution in [3.8, 4) is 11.3 Å². The third kappa shape index (κ3) is 3.49. The van der Waals surface area contributed by atoms with Gasteiger partial charge in [-0.2, -0.15) is 0 Å². The molecule has 0 saturated carbocycles. The molecule has 0 aliphatic carbocycles. The van der Waals surface area contributed by atoms with Crippen LogP contribution in [0.4, 0.5) is 17.2 Å². The van der Waals surface area contributed by atoms with Gasteiger partial charge < -0.3 is 16.4 Å². The van der Waals surface area contributed by atoms with E-state index in [0.717, 1.165) is 30.0 Å². The molecule has 2 heterocycles. The number of nitrogens with one attached hydrogen (secondary N) is 2. The maximum atomic E-state index is 6.11. The number of benzene rings is 2. The molecule has 1 atom stereocenters. The number of nitrogen functional groups attached to an aromatic ring is 1. The normalized spacial score (nSPS) is 16.7. The average molecular weight is 330 g/mol. The number of hydrogen-bond acceptors (Lipinski definition) is 4. The van der Waals surface area contributed by atoms with E-state index in [9.17, 15) is 0 Å². The minimum absolute atomic E-state index is 0.624. The standard InChI is InChI=1S/C21H22N4/c22-19-10-11-20(16-4-2-1-3-5-16)25-21(19)24-18-8-6-15(7-9-18)17-12-13-23-14-17/h1-11,17,23H,12-14,22H2,(H,24,25). The van der Waals surface area contributed by atoms with Gasteiger partial charge >= 0.3 is 0 Å². The third-order valence-electron chi connectivity index (χ3n) is 4.70. The van der Waals surface area contributed by atoms with Gasteiger partial charge in [0.1, 0.15) is 0 Å². The largest absolute Gasteiger partial charge is 0.396 e. The van der Waals surface area contributed by atoms with Gasteiger partial charge in [-0.25, -0.2) is 4.98 Å². The van der Waals surface area contributed by atoms with Gasteiger partial charge in [-0.15, -0.1) is 0 Å². The van der Waals surface area contributed by atoms with Crippen LogP contribution in [0.2, 0.25) is 0 Å². The second-order valence-corrected chi connectivity index (χ2v) is 6.44. The summed E-state index contributed by atoms with van der Waals surface area (Å²) in [6.45, 7) is 2.18. The molecular weight excluding hydrogens is 308 g/mol. The minimum Gasteiger partial charge on any atom is -0.396 e. The number of anilines is 3. The lowest BCUT2D eigenvalue weighted by Crippen LogP contribution is -2.07. The predicted molar refractivity (Wildman–Crippen MR) is 104 cm³/mol. The second-order valence-electron chi connectivity index (χ2n) is 6.44. The Morgan fingerprint density at radius 1 is 0.960 bits per heavy atom. The maximum Gasteiger partial charge on any atom is 0.154 e. The first-order valence-corrected chi connectivity index (χ1v) is 8.69.